The first kappa shape index (κ1) is 22.4. The molecule has 0 saturated heterocycles. The number of hydrogen-bond donors (Lipinski definition) is 1. The topological polar surface area (TPSA) is 125 Å². The Bertz CT molecular complexity index is 1480. The zero-order valence-electron chi connectivity index (χ0n) is 19.8. The fraction of sp³-hybridized carbons (Fsp3) is 0.292. The molecule has 0 amide bonds. The van der Waals surface area contributed by atoms with Gasteiger partial charge in [0.25, 0.3) is 0 Å². The number of aryl methyl sites for hydroxylation is 1. The van der Waals surface area contributed by atoms with Crippen LogP contribution < -0.4 is 5.69 Å². The number of hydrogen-bond acceptors (Lipinski definition) is 7. The monoisotopic (exact) mass is 470 g/mol. The van der Waals surface area contributed by atoms with E-state index in [-0.39, 0.29) is 11.7 Å². The molecular formula is C24H26N10O. The second-order valence-electron chi connectivity index (χ2n) is 8.55. The summed E-state index contributed by atoms with van der Waals surface area (Å²) in [4.78, 5) is 22.3. The van der Waals surface area contributed by atoms with Gasteiger partial charge in [-0.1, -0.05) is 37.6 Å². The summed E-state index contributed by atoms with van der Waals surface area (Å²) in [5.74, 6) is 1.06. The average molecular weight is 471 g/mol. The van der Waals surface area contributed by atoms with E-state index >= 15 is 0 Å². The Morgan fingerprint density at radius 2 is 1.89 bits per heavy atom. The van der Waals surface area contributed by atoms with Gasteiger partial charge in [-0.15, -0.1) is 10.2 Å². The van der Waals surface area contributed by atoms with Crippen LogP contribution in [-0.2, 0) is 13.0 Å². The lowest BCUT2D eigenvalue weighted by atomic mass is 10.00. The molecule has 0 fully saturated rings. The summed E-state index contributed by atoms with van der Waals surface area (Å²) < 4.78 is 5.15. The molecule has 5 aromatic rings. The van der Waals surface area contributed by atoms with Crippen molar-refractivity contribution in [2.75, 3.05) is 0 Å². The summed E-state index contributed by atoms with van der Waals surface area (Å²) in [6.45, 7) is 6.52. The number of pyridine rings is 1. The summed E-state index contributed by atoms with van der Waals surface area (Å²) in [5, 5.41) is 18.4. The van der Waals surface area contributed by atoms with E-state index in [0.717, 1.165) is 40.8 Å². The van der Waals surface area contributed by atoms with Crippen molar-refractivity contribution in [2.45, 2.75) is 46.2 Å². The number of aromatic nitrogens is 10. The molecule has 0 saturated carbocycles. The number of nitrogens with one attached hydrogen (secondary N) is 1. The van der Waals surface area contributed by atoms with Crippen LogP contribution in [0.25, 0.3) is 28.5 Å². The van der Waals surface area contributed by atoms with Crippen LogP contribution in [0.4, 0.5) is 0 Å². The molecule has 0 aliphatic carbocycles. The third kappa shape index (κ3) is 4.27. The average Bonchev–Trinajstić information content (AvgIpc) is 3.62. The molecule has 5 rings (SSSR count). The van der Waals surface area contributed by atoms with E-state index in [1.165, 1.54) is 6.33 Å². The lowest BCUT2D eigenvalue weighted by molar-refractivity contribution is 0.515. The standard InChI is InChI=1S/C24H26N10O/c1-4-5-20-14-33(23-26-15-27-34(23)16(2)3)24(35)32(20)13-19-12-25-11-10-21(19)17-6-8-18(9-7-17)22-28-30-31-29-22/h6-12,14-16H,4-5,13H2,1-3H3,(H,28,29,30,31). The molecule has 11 nitrogen and oxygen atoms in total. The van der Waals surface area contributed by atoms with Crippen molar-refractivity contribution in [1.82, 2.24) is 49.5 Å². The highest BCUT2D eigenvalue weighted by Gasteiger charge is 2.19. The molecule has 178 valence electrons. The molecular weight excluding hydrogens is 444 g/mol. The highest BCUT2D eigenvalue weighted by Crippen LogP contribution is 2.26. The van der Waals surface area contributed by atoms with E-state index in [4.69, 9.17) is 0 Å². The van der Waals surface area contributed by atoms with Crippen LogP contribution in [0, 0.1) is 0 Å². The summed E-state index contributed by atoms with van der Waals surface area (Å²) in [6, 6.07) is 9.98. The van der Waals surface area contributed by atoms with Crippen molar-refractivity contribution >= 4 is 0 Å². The van der Waals surface area contributed by atoms with Crippen LogP contribution in [0.15, 0.2) is 60.0 Å². The minimum absolute atomic E-state index is 0.0812. The SMILES string of the molecule is CCCc1cn(-c2ncnn2C(C)C)c(=O)n1Cc1cnccc1-c1ccc(-c2nn[nH]n2)cc1. The molecule has 0 spiro atoms. The largest absolute Gasteiger partial charge is 0.335 e. The second kappa shape index (κ2) is 9.45. The molecule has 0 atom stereocenters. The number of tetrazole rings is 1. The van der Waals surface area contributed by atoms with E-state index in [0.29, 0.717) is 18.3 Å². The summed E-state index contributed by atoms with van der Waals surface area (Å²) in [6.07, 6.45) is 8.63. The third-order valence-corrected chi connectivity index (χ3v) is 5.86. The predicted octanol–water partition coefficient (Wildman–Crippen LogP) is 3.05. The van der Waals surface area contributed by atoms with Crippen molar-refractivity contribution in [3.05, 3.63) is 77.0 Å². The van der Waals surface area contributed by atoms with Gasteiger partial charge in [-0.2, -0.15) is 15.3 Å². The van der Waals surface area contributed by atoms with Gasteiger partial charge in [-0.05, 0) is 48.2 Å². The number of nitrogens with zero attached hydrogens (tertiary/aromatic N) is 9. The lowest BCUT2D eigenvalue weighted by Gasteiger charge is -2.12. The van der Waals surface area contributed by atoms with Gasteiger partial charge in [0, 0.05) is 29.8 Å². The summed E-state index contributed by atoms with van der Waals surface area (Å²) in [7, 11) is 0. The second-order valence-corrected chi connectivity index (χ2v) is 8.55. The van der Waals surface area contributed by atoms with Crippen molar-refractivity contribution in [3.8, 4) is 28.5 Å². The van der Waals surface area contributed by atoms with Gasteiger partial charge in [0.15, 0.2) is 0 Å². The van der Waals surface area contributed by atoms with E-state index in [1.807, 2.05) is 56.6 Å². The van der Waals surface area contributed by atoms with Gasteiger partial charge >= 0.3 is 5.69 Å². The Kier molecular flexibility index (Phi) is 6.04. The molecule has 0 radical (unpaired) electrons. The van der Waals surface area contributed by atoms with Crippen LogP contribution >= 0.6 is 0 Å². The molecule has 0 aliphatic rings. The minimum Gasteiger partial charge on any atom is -0.291 e. The van der Waals surface area contributed by atoms with E-state index in [1.54, 1.807) is 20.0 Å². The number of aromatic amines is 1. The first-order chi connectivity index (χ1) is 17.1. The Morgan fingerprint density at radius 3 is 2.60 bits per heavy atom. The number of H-pyrrole nitrogens is 1. The zero-order valence-corrected chi connectivity index (χ0v) is 19.8. The van der Waals surface area contributed by atoms with Gasteiger partial charge in [0.2, 0.25) is 11.8 Å². The number of rotatable bonds is 8. The normalized spacial score (nSPS) is 11.4. The molecule has 0 aliphatic heterocycles. The molecule has 0 bridgehead atoms. The van der Waals surface area contributed by atoms with Crippen LogP contribution in [0.3, 0.4) is 0 Å². The van der Waals surface area contributed by atoms with Crippen LogP contribution in [-0.4, -0.2) is 49.5 Å². The van der Waals surface area contributed by atoms with Gasteiger partial charge < -0.3 is 0 Å². The van der Waals surface area contributed by atoms with Crippen LogP contribution in [0.5, 0.6) is 0 Å². The van der Waals surface area contributed by atoms with Crippen molar-refractivity contribution < 1.29 is 0 Å². The van der Waals surface area contributed by atoms with Gasteiger partial charge in [-0.3, -0.25) is 9.55 Å². The molecule has 1 N–H and O–H groups in total. The maximum Gasteiger partial charge on any atom is 0.335 e. The smallest absolute Gasteiger partial charge is 0.291 e. The van der Waals surface area contributed by atoms with E-state index in [9.17, 15) is 4.79 Å². The number of benzene rings is 1. The molecule has 0 unspecified atom stereocenters. The van der Waals surface area contributed by atoms with Crippen molar-refractivity contribution in [2.24, 2.45) is 0 Å². The molecule has 4 aromatic heterocycles. The summed E-state index contributed by atoms with van der Waals surface area (Å²) in [5.41, 5.74) is 4.63. The van der Waals surface area contributed by atoms with E-state index in [2.05, 4.69) is 42.6 Å². The first-order valence-electron chi connectivity index (χ1n) is 11.5. The Labute approximate surface area is 201 Å². The Balaban J connectivity index is 1.53. The predicted molar refractivity (Wildman–Crippen MR) is 130 cm³/mol. The molecule has 4 heterocycles. The van der Waals surface area contributed by atoms with Gasteiger partial charge in [0.05, 0.1) is 12.6 Å². The molecule has 11 heteroatoms. The van der Waals surface area contributed by atoms with Crippen LogP contribution in [0.1, 0.15) is 44.5 Å². The molecule has 35 heavy (non-hydrogen) atoms. The quantitative estimate of drug-likeness (QED) is 0.369. The summed E-state index contributed by atoms with van der Waals surface area (Å²) >= 11 is 0. The van der Waals surface area contributed by atoms with E-state index < -0.39 is 0 Å². The Hall–Kier alpha value is -4.41. The van der Waals surface area contributed by atoms with Crippen LogP contribution in [0.2, 0.25) is 0 Å². The maximum absolute atomic E-state index is 13.6. The third-order valence-electron chi connectivity index (χ3n) is 5.86. The maximum atomic E-state index is 13.6. The van der Waals surface area contributed by atoms with Gasteiger partial charge in [-0.25, -0.2) is 14.0 Å². The lowest BCUT2D eigenvalue weighted by Crippen LogP contribution is -2.27. The highest BCUT2D eigenvalue weighted by molar-refractivity contribution is 5.69. The fourth-order valence-electron chi connectivity index (χ4n) is 4.16. The first-order valence-corrected chi connectivity index (χ1v) is 11.5. The molecule has 1 aromatic carbocycles. The highest BCUT2D eigenvalue weighted by atomic mass is 16.2. The number of imidazole rings is 1. The van der Waals surface area contributed by atoms with Gasteiger partial charge in [0.1, 0.15) is 6.33 Å². The Morgan fingerprint density at radius 1 is 1.09 bits per heavy atom. The minimum atomic E-state index is -0.148. The van der Waals surface area contributed by atoms with Crippen molar-refractivity contribution in [1.29, 1.82) is 0 Å². The zero-order chi connectivity index (χ0) is 24.4. The van der Waals surface area contributed by atoms with Crippen molar-refractivity contribution in [3.63, 3.8) is 0 Å². The fourth-order valence-corrected chi connectivity index (χ4v) is 4.16.